The second-order valence-corrected chi connectivity index (χ2v) is 4.71. The molecule has 10 nitrogen and oxygen atoms in total. The molecule has 0 bridgehead atoms. The number of amides is 1. The number of nitro groups is 2. The smallest absolute Gasteiger partial charge is 0.311 e. The second kappa shape index (κ2) is 6.69. The van der Waals surface area contributed by atoms with Crippen LogP contribution in [0.1, 0.15) is 15.9 Å². The number of rotatable bonds is 5. The average molecular weight is 332 g/mol. The SMILES string of the molecule is COc1ccc(C(=O)Nc2ncc([N+](=O)[O-])cc2C)cc1[N+](=O)[O-]. The van der Waals surface area contributed by atoms with Crippen molar-refractivity contribution in [3.63, 3.8) is 0 Å². The second-order valence-electron chi connectivity index (χ2n) is 4.71. The van der Waals surface area contributed by atoms with Gasteiger partial charge in [-0.05, 0) is 24.6 Å². The number of hydrogen-bond acceptors (Lipinski definition) is 7. The van der Waals surface area contributed by atoms with Crippen molar-refractivity contribution in [1.29, 1.82) is 0 Å². The molecular formula is C14H12N4O6. The van der Waals surface area contributed by atoms with Crippen molar-refractivity contribution in [2.45, 2.75) is 6.92 Å². The van der Waals surface area contributed by atoms with Crippen molar-refractivity contribution in [1.82, 2.24) is 4.98 Å². The number of nitrogens with zero attached hydrogens (tertiary/aromatic N) is 3. The van der Waals surface area contributed by atoms with Crippen LogP contribution >= 0.6 is 0 Å². The largest absolute Gasteiger partial charge is 0.490 e. The predicted octanol–water partition coefficient (Wildman–Crippen LogP) is 2.47. The van der Waals surface area contributed by atoms with Crippen LogP contribution in [0.3, 0.4) is 0 Å². The summed E-state index contributed by atoms with van der Waals surface area (Å²) in [7, 11) is 1.28. The predicted molar refractivity (Wildman–Crippen MR) is 83.2 cm³/mol. The number of hydrogen-bond donors (Lipinski definition) is 1. The van der Waals surface area contributed by atoms with E-state index < -0.39 is 15.8 Å². The van der Waals surface area contributed by atoms with Crippen molar-refractivity contribution in [3.05, 3.63) is 61.8 Å². The Hall–Kier alpha value is -3.56. The molecule has 24 heavy (non-hydrogen) atoms. The topological polar surface area (TPSA) is 138 Å². The zero-order chi connectivity index (χ0) is 17.9. The summed E-state index contributed by atoms with van der Waals surface area (Å²) in [6.45, 7) is 1.55. The van der Waals surface area contributed by atoms with Crippen LogP contribution in [0.2, 0.25) is 0 Å². The first kappa shape index (κ1) is 16.8. The van der Waals surface area contributed by atoms with Crippen LogP contribution in [0.15, 0.2) is 30.5 Å². The molecule has 0 fully saturated rings. The fourth-order valence-electron chi connectivity index (χ4n) is 1.94. The van der Waals surface area contributed by atoms with Gasteiger partial charge in [-0.3, -0.25) is 25.0 Å². The molecule has 2 aromatic rings. The zero-order valence-electron chi connectivity index (χ0n) is 12.7. The minimum Gasteiger partial charge on any atom is -0.490 e. The number of aryl methyl sites for hydroxylation is 1. The van der Waals surface area contributed by atoms with E-state index in [1.807, 2.05) is 0 Å². The van der Waals surface area contributed by atoms with E-state index in [9.17, 15) is 25.0 Å². The number of nitro benzene ring substituents is 1. The van der Waals surface area contributed by atoms with Gasteiger partial charge >= 0.3 is 5.69 Å². The van der Waals surface area contributed by atoms with Crippen LogP contribution in [-0.2, 0) is 0 Å². The molecule has 1 aromatic heterocycles. The lowest BCUT2D eigenvalue weighted by Gasteiger charge is -2.08. The highest BCUT2D eigenvalue weighted by Gasteiger charge is 2.19. The van der Waals surface area contributed by atoms with Gasteiger partial charge in [0.25, 0.3) is 11.6 Å². The van der Waals surface area contributed by atoms with E-state index in [2.05, 4.69) is 10.3 Å². The highest BCUT2D eigenvalue weighted by molar-refractivity contribution is 6.04. The van der Waals surface area contributed by atoms with E-state index in [0.717, 1.165) is 12.3 Å². The Morgan fingerprint density at radius 3 is 2.46 bits per heavy atom. The van der Waals surface area contributed by atoms with Gasteiger partial charge in [-0.1, -0.05) is 0 Å². The molecule has 10 heteroatoms. The summed E-state index contributed by atoms with van der Waals surface area (Å²) in [6, 6.07) is 5.01. The van der Waals surface area contributed by atoms with Crippen LogP contribution in [0.4, 0.5) is 17.2 Å². The van der Waals surface area contributed by atoms with Crippen LogP contribution in [0.5, 0.6) is 5.75 Å². The quantitative estimate of drug-likeness (QED) is 0.655. The number of anilines is 1. The monoisotopic (exact) mass is 332 g/mol. The minimum absolute atomic E-state index is 0.0289. The summed E-state index contributed by atoms with van der Waals surface area (Å²) < 4.78 is 4.86. The Kier molecular flexibility index (Phi) is 4.68. The van der Waals surface area contributed by atoms with Gasteiger partial charge in [-0.25, -0.2) is 4.98 Å². The first-order chi connectivity index (χ1) is 11.3. The van der Waals surface area contributed by atoms with Gasteiger partial charge in [-0.2, -0.15) is 0 Å². The molecule has 0 aliphatic rings. The molecule has 1 aromatic carbocycles. The molecule has 0 aliphatic heterocycles. The molecule has 0 atom stereocenters. The Morgan fingerprint density at radius 2 is 1.92 bits per heavy atom. The number of carbonyl (C=O) groups is 1. The summed E-state index contributed by atoms with van der Waals surface area (Å²) in [5.74, 6) is -0.476. The number of pyridine rings is 1. The zero-order valence-corrected chi connectivity index (χ0v) is 12.7. The van der Waals surface area contributed by atoms with Crippen molar-refractivity contribution < 1.29 is 19.4 Å². The van der Waals surface area contributed by atoms with Crippen LogP contribution in [-0.4, -0.2) is 27.8 Å². The highest BCUT2D eigenvalue weighted by Crippen LogP contribution is 2.28. The maximum absolute atomic E-state index is 12.2. The molecule has 0 spiro atoms. The lowest BCUT2D eigenvalue weighted by Crippen LogP contribution is -2.14. The lowest BCUT2D eigenvalue weighted by molar-refractivity contribution is -0.385. The summed E-state index contributed by atoms with van der Waals surface area (Å²) in [5.41, 5.74) is -0.133. The third kappa shape index (κ3) is 3.43. The van der Waals surface area contributed by atoms with Crippen molar-refractivity contribution >= 4 is 23.1 Å². The molecule has 0 radical (unpaired) electrons. The maximum Gasteiger partial charge on any atom is 0.311 e. The van der Waals surface area contributed by atoms with Gasteiger partial charge in [0.1, 0.15) is 12.0 Å². The summed E-state index contributed by atoms with van der Waals surface area (Å²) in [5, 5.41) is 24.1. The van der Waals surface area contributed by atoms with Gasteiger partial charge in [0.05, 0.1) is 17.0 Å². The third-order valence-corrected chi connectivity index (χ3v) is 3.14. The van der Waals surface area contributed by atoms with Gasteiger partial charge in [0.2, 0.25) is 0 Å². The van der Waals surface area contributed by atoms with E-state index >= 15 is 0 Å². The highest BCUT2D eigenvalue weighted by atomic mass is 16.6. The molecule has 0 unspecified atom stereocenters. The van der Waals surface area contributed by atoms with Crippen molar-refractivity contribution in [2.24, 2.45) is 0 Å². The number of carbonyl (C=O) groups excluding carboxylic acids is 1. The van der Waals surface area contributed by atoms with Crippen LogP contribution in [0.25, 0.3) is 0 Å². The Labute approximate surface area is 135 Å². The molecule has 0 saturated heterocycles. The number of methoxy groups -OCH3 is 1. The van der Waals surface area contributed by atoms with Gasteiger partial charge < -0.3 is 10.1 Å². The van der Waals surface area contributed by atoms with E-state index in [0.29, 0.717) is 5.56 Å². The Bertz CT molecular complexity index is 836. The standard InChI is InChI=1S/C14H12N4O6/c1-8-5-10(17(20)21)7-15-13(8)16-14(19)9-3-4-12(24-2)11(6-9)18(22)23/h3-7H,1-2H3,(H,15,16,19). The third-order valence-electron chi connectivity index (χ3n) is 3.14. The molecule has 124 valence electrons. The van der Waals surface area contributed by atoms with Crippen molar-refractivity contribution in [3.8, 4) is 5.75 Å². The normalized spacial score (nSPS) is 10.1. The Balaban J connectivity index is 2.29. The molecular weight excluding hydrogens is 320 g/mol. The average Bonchev–Trinajstić information content (AvgIpc) is 2.55. The van der Waals surface area contributed by atoms with E-state index in [1.165, 1.54) is 25.3 Å². The summed E-state index contributed by atoms with van der Waals surface area (Å²) in [4.78, 5) is 36.4. The van der Waals surface area contributed by atoms with E-state index in [4.69, 9.17) is 4.74 Å². The minimum atomic E-state index is -0.662. The number of benzene rings is 1. The lowest BCUT2D eigenvalue weighted by atomic mass is 10.1. The number of aromatic nitrogens is 1. The fourth-order valence-corrected chi connectivity index (χ4v) is 1.94. The van der Waals surface area contributed by atoms with Gasteiger partial charge in [0.15, 0.2) is 5.75 Å². The number of ether oxygens (including phenoxy) is 1. The summed E-state index contributed by atoms with van der Waals surface area (Å²) >= 11 is 0. The maximum atomic E-state index is 12.2. The molecule has 0 aliphatic carbocycles. The molecule has 0 saturated carbocycles. The first-order valence-electron chi connectivity index (χ1n) is 6.58. The van der Waals surface area contributed by atoms with E-state index in [-0.39, 0.29) is 28.5 Å². The van der Waals surface area contributed by atoms with Crippen LogP contribution < -0.4 is 10.1 Å². The molecule has 1 amide bonds. The summed E-state index contributed by atoms with van der Waals surface area (Å²) in [6.07, 6.45) is 1.01. The fraction of sp³-hybridized carbons (Fsp3) is 0.143. The van der Waals surface area contributed by atoms with Gasteiger partial charge in [0, 0.05) is 17.7 Å². The molecule has 1 heterocycles. The molecule has 1 N–H and O–H groups in total. The van der Waals surface area contributed by atoms with Gasteiger partial charge in [-0.15, -0.1) is 0 Å². The van der Waals surface area contributed by atoms with Crippen LogP contribution in [0, 0.1) is 27.2 Å². The number of nitrogens with one attached hydrogen (secondary N) is 1. The molecule has 2 rings (SSSR count). The van der Waals surface area contributed by atoms with Crippen molar-refractivity contribution in [2.75, 3.05) is 12.4 Å². The first-order valence-corrected chi connectivity index (χ1v) is 6.58. The van der Waals surface area contributed by atoms with E-state index in [1.54, 1.807) is 6.92 Å². The Morgan fingerprint density at radius 1 is 1.21 bits per heavy atom.